The minimum absolute atomic E-state index is 0.0597. The Morgan fingerprint density at radius 3 is 2.60 bits per heavy atom. The van der Waals surface area contributed by atoms with Gasteiger partial charge in [0.15, 0.2) is 0 Å². The number of hydrogen-bond acceptors (Lipinski definition) is 1. The van der Waals surface area contributed by atoms with Crippen LogP contribution in [0.1, 0.15) is 32.2 Å². The maximum atomic E-state index is 4.58. The number of nitrogens with zero attached hydrogens (tertiary/aromatic N) is 2. The van der Waals surface area contributed by atoms with Crippen LogP contribution in [0.4, 0.5) is 0 Å². The summed E-state index contributed by atoms with van der Waals surface area (Å²) in [6, 6.07) is 4.25. The second-order valence-electron chi connectivity index (χ2n) is 4.94. The molecule has 3 heteroatoms. The number of imidazole rings is 1. The molecule has 0 saturated heterocycles. The summed E-state index contributed by atoms with van der Waals surface area (Å²) in [5.74, 6) is 1.09. The maximum Gasteiger partial charge on any atom is 0.132 e. The maximum absolute atomic E-state index is 4.58. The molecule has 0 amide bonds. The van der Waals surface area contributed by atoms with Crippen molar-refractivity contribution in [1.29, 1.82) is 0 Å². The molecule has 0 N–H and O–H groups in total. The van der Waals surface area contributed by atoms with E-state index < -0.39 is 0 Å². The lowest BCUT2D eigenvalue weighted by Crippen LogP contribution is -2.15. The van der Waals surface area contributed by atoms with Crippen LogP contribution in [0.2, 0.25) is 0 Å². The van der Waals surface area contributed by atoms with E-state index in [4.69, 9.17) is 0 Å². The molecule has 0 aliphatic heterocycles. The summed E-state index contributed by atoms with van der Waals surface area (Å²) in [5.41, 5.74) is 2.45. The van der Waals surface area contributed by atoms with E-state index in [0.717, 1.165) is 15.9 Å². The number of fused-ring (bicyclic) bond motifs is 1. The highest BCUT2D eigenvalue weighted by molar-refractivity contribution is 9.10. The van der Waals surface area contributed by atoms with Gasteiger partial charge in [0.05, 0.1) is 5.52 Å². The van der Waals surface area contributed by atoms with Crippen molar-refractivity contribution in [3.8, 4) is 0 Å². The van der Waals surface area contributed by atoms with Crippen molar-refractivity contribution < 1.29 is 0 Å². The predicted octanol–water partition coefficient (Wildman–Crippen LogP) is 3.70. The summed E-state index contributed by atoms with van der Waals surface area (Å²) < 4.78 is 3.08. The van der Waals surface area contributed by atoms with Crippen molar-refractivity contribution in [3.63, 3.8) is 0 Å². The van der Waals surface area contributed by atoms with Gasteiger partial charge in [0.25, 0.3) is 0 Å². The van der Waals surface area contributed by atoms with Crippen molar-refractivity contribution >= 4 is 21.4 Å². The molecule has 0 aromatic carbocycles. The zero-order valence-corrected chi connectivity index (χ0v) is 11.1. The molecule has 2 heterocycles. The van der Waals surface area contributed by atoms with Crippen LogP contribution in [-0.2, 0) is 5.41 Å². The minimum atomic E-state index is 0.0597. The summed E-state index contributed by atoms with van der Waals surface area (Å²) in [4.78, 5) is 4.58. The van der Waals surface area contributed by atoms with E-state index in [-0.39, 0.29) is 5.41 Å². The van der Waals surface area contributed by atoms with Gasteiger partial charge in [0.1, 0.15) is 10.4 Å². The van der Waals surface area contributed by atoms with Crippen molar-refractivity contribution in [2.24, 2.45) is 0 Å². The van der Waals surface area contributed by atoms with Crippen molar-refractivity contribution in [3.05, 3.63) is 34.3 Å². The molecular formula is C12H15BrN2. The van der Waals surface area contributed by atoms with Crippen LogP contribution in [0.3, 0.4) is 0 Å². The molecule has 2 aromatic heterocycles. The zero-order valence-electron chi connectivity index (χ0n) is 9.50. The number of hydrogen-bond donors (Lipinski definition) is 0. The predicted molar refractivity (Wildman–Crippen MR) is 66.3 cm³/mol. The van der Waals surface area contributed by atoms with Gasteiger partial charge in [-0.3, -0.25) is 0 Å². The number of rotatable bonds is 0. The summed E-state index contributed by atoms with van der Waals surface area (Å²) in [6.45, 7) is 8.62. The monoisotopic (exact) mass is 266 g/mol. The fourth-order valence-corrected chi connectivity index (χ4v) is 2.16. The molecule has 0 unspecified atom stereocenters. The molecule has 0 spiro atoms. The Labute approximate surface area is 98.5 Å². The fraction of sp³-hybridized carbons (Fsp3) is 0.417. The van der Waals surface area contributed by atoms with E-state index in [2.05, 4.69) is 71.3 Å². The molecule has 80 valence electrons. The first kappa shape index (κ1) is 10.7. The standard InChI is InChI=1S/C12H15BrN2/c1-8-5-6-15-9(7-8)10(13)14-11(15)12(2,3)4/h5-7H,1-4H3. The lowest BCUT2D eigenvalue weighted by Gasteiger charge is -2.16. The lowest BCUT2D eigenvalue weighted by atomic mass is 9.96. The van der Waals surface area contributed by atoms with E-state index >= 15 is 0 Å². The first-order valence-electron chi connectivity index (χ1n) is 5.04. The Kier molecular flexibility index (Phi) is 2.38. The number of aromatic nitrogens is 2. The van der Waals surface area contributed by atoms with Gasteiger partial charge >= 0.3 is 0 Å². The highest BCUT2D eigenvalue weighted by atomic mass is 79.9. The molecule has 2 aromatic rings. The van der Waals surface area contributed by atoms with Gasteiger partial charge in [-0.25, -0.2) is 4.98 Å². The third-order valence-electron chi connectivity index (χ3n) is 2.42. The van der Waals surface area contributed by atoms with Crippen LogP contribution in [0, 0.1) is 6.92 Å². The van der Waals surface area contributed by atoms with E-state index in [1.54, 1.807) is 0 Å². The summed E-state index contributed by atoms with van der Waals surface area (Å²) in [7, 11) is 0. The van der Waals surface area contributed by atoms with Crippen LogP contribution in [-0.4, -0.2) is 9.38 Å². The highest BCUT2D eigenvalue weighted by Gasteiger charge is 2.21. The molecule has 2 nitrogen and oxygen atoms in total. The van der Waals surface area contributed by atoms with Gasteiger partial charge in [0, 0.05) is 11.6 Å². The second kappa shape index (κ2) is 3.34. The Bertz CT molecular complexity index is 506. The zero-order chi connectivity index (χ0) is 11.2. The van der Waals surface area contributed by atoms with E-state index in [0.29, 0.717) is 0 Å². The topological polar surface area (TPSA) is 17.3 Å². The summed E-state index contributed by atoms with van der Waals surface area (Å²) in [5, 5.41) is 0. The van der Waals surface area contributed by atoms with Gasteiger partial charge in [0.2, 0.25) is 0 Å². The van der Waals surface area contributed by atoms with Gasteiger partial charge < -0.3 is 4.40 Å². The molecule has 0 atom stereocenters. The molecule has 0 fully saturated rings. The molecule has 0 aliphatic carbocycles. The van der Waals surface area contributed by atoms with E-state index in [1.165, 1.54) is 5.56 Å². The van der Waals surface area contributed by atoms with Gasteiger partial charge in [-0.15, -0.1) is 0 Å². The third-order valence-corrected chi connectivity index (χ3v) is 3.01. The third kappa shape index (κ3) is 1.81. The first-order valence-corrected chi connectivity index (χ1v) is 5.83. The Balaban J connectivity index is 2.79. The lowest BCUT2D eigenvalue weighted by molar-refractivity contribution is 0.542. The van der Waals surface area contributed by atoms with Crippen molar-refractivity contribution in [2.75, 3.05) is 0 Å². The molecule has 0 bridgehead atoms. The molecule has 0 radical (unpaired) electrons. The fourth-order valence-electron chi connectivity index (χ4n) is 1.68. The average molecular weight is 267 g/mol. The molecule has 0 saturated carbocycles. The van der Waals surface area contributed by atoms with Crippen LogP contribution in [0.15, 0.2) is 22.9 Å². The van der Waals surface area contributed by atoms with Gasteiger partial charge in [-0.05, 0) is 40.5 Å². The normalized spacial score (nSPS) is 12.3. The smallest absolute Gasteiger partial charge is 0.132 e. The summed E-state index contributed by atoms with van der Waals surface area (Å²) >= 11 is 3.51. The first-order chi connectivity index (χ1) is 6.89. The van der Waals surface area contributed by atoms with E-state index in [9.17, 15) is 0 Å². The van der Waals surface area contributed by atoms with Crippen LogP contribution >= 0.6 is 15.9 Å². The molecule has 15 heavy (non-hydrogen) atoms. The largest absolute Gasteiger partial charge is 0.302 e. The summed E-state index contributed by atoms with van der Waals surface area (Å²) in [6.07, 6.45) is 2.09. The average Bonchev–Trinajstić information content (AvgIpc) is 2.43. The van der Waals surface area contributed by atoms with Crippen LogP contribution in [0.5, 0.6) is 0 Å². The Morgan fingerprint density at radius 2 is 2.00 bits per heavy atom. The van der Waals surface area contributed by atoms with Crippen LogP contribution in [0.25, 0.3) is 5.52 Å². The number of halogens is 1. The van der Waals surface area contributed by atoms with Gasteiger partial charge in [-0.2, -0.15) is 0 Å². The van der Waals surface area contributed by atoms with Crippen molar-refractivity contribution in [2.45, 2.75) is 33.1 Å². The molecule has 0 aliphatic rings. The Hall–Kier alpha value is -0.830. The number of aryl methyl sites for hydroxylation is 1. The molecular weight excluding hydrogens is 252 g/mol. The molecule has 2 rings (SSSR count). The van der Waals surface area contributed by atoms with E-state index in [1.807, 2.05) is 0 Å². The van der Waals surface area contributed by atoms with Crippen molar-refractivity contribution in [1.82, 2.24) is 9.38 Å². The van der Waals surface area contributed by atoms with Crippen LogP contribution < -0.4 is 0 Å². The van der Waals surface area contributed by atoms with Gasteiger partial charge in [-0.1, -0.05) is 20.8 Å². The highest BCUT2D eigenvalue weighted by Crippen LogP contribution is 2.27. The SMILES string of the molecule is Cc1ccn2c(C(C)(C)C)nc(Br)c2c1. The quantitative estimate of drug-likeness (QED) is 0.711. The Morgan fingerprint density at radius 1 is 1.33 bits per heavy atom. The minimum Gasteiger partial charge on any atom is -0.302 e. The number of pyridine rings is 1. The second-order valence-corrected chi connectivity index (χ2v) is 5.69.